The zero-order valence-electron chi connectivity index (χ0n) is 12.6. The quantitative estimate of drug-likeness (QED) is 0.806. The van der Waals surface area contributed by atoms with Crippen molar-refractivity contribution in [1.29, 1.82) is 0 Å². The van der Waals surface area contributed by atoms with Crippen LogP contribution in [0.5, 0.6) is 0 Å². The number of fused-ring (bicyclic) bond motifs is 1. The van der Waals surface area contributed by atoms with Gasteiger partial charge < -0.3 is 5.32 Å². The second-order valence-electron chi connectivity index (χ2n) is 5.36. The van der Waals surface area contributed by atoms with Gasteiger partial charge in [0.1, 0.15) is 0 Å². The highest BCUT2D eigenvalue weighted by Crippen LogP contribution is 2.19. The second kappa shape index (κ2) is 5.93. The molecule has 4 heteroatoms. The smallest absolute Gasteiger partial charge is 0.251 e. The summed E-state index contributed by atoms with van der Waals surface area (Å²) in [5.74, 6) is -0.0919. The molecule has 0 aliphatic heterocycles. The van der Waals surface area contributed by atoms with E-state index in [1.165, 1.54) is 0 Å². The van der Waals surface area contributed by atoms with E-state index in [0.717, 1.165) is 27.7 Å². The van der Waals surface area contributed by atoms with Crippen molar-refractivity contribution in [3.63, 3.8) is 0 Å². The van der Waals surface area contributed by atoms with Crippen LogP contribution in [0, 0.1) is 13.8 Å². The van der Waals surface area contributed by atoms with Crippen molar-refractivity contribution >= 4 is 16.8 Å². The normalized spacial score (nSPS) is 10.6. The number of carbonyl (C=O) groups is 1. The van der Waals surface area contributed by atoms with Gasteiger partial charge in [-0.3, -0.25) is 14.8 Å². The first-order chi connectivity index (χ1) is 10.6. The number of rotatable bonds is 3. The highest BCUT2D eigenvalue weighted by Gasteiger charge is 2.08. The molecule has 1 N–H and O–H groups in total. The molecule has 2 aromatic heterocycles. The van der Waals surface area contributed by atoms with E-state index >= 15 is 0 Å². The van der Waals surface area contributed by atoms with E-state index in [9.17, 15) is 4.79 Å². The summed E-state index contributed by atoms with van der Waals surface area (Å²) in [6.45, 7) is 4.48. The third kappa shape index (κ3) is 2.96. The molecule has 0 saturated heterocycles. The minimum Gasteiger partial charge on any atom is -0.348 e. The maximum atomic E-state index is 12.3. The van der Waals surface area contributed by atoms with Crippen LogP contribution >= 0.6 is 0 Å². The van der Waals surface area contributed by atoms with Gasteiger partial charge in [-0.15, -0.1) is 0 Å². The van der Waals surface area contributed by atoms with E-state index < -0.39 is 0 Å². The average molecular weight is 291 g/mol. The first-order valence-electron chi connectivity index (χ1n) is 7.18. The summed E-state index contributed by atoms with van der Waals surface area (Å²) < 4.78 is 0. The molecule has 0 atom stereocenters. The molecule has 0 aliphatic carbocycles. The van der Waals surface area contributed by atoms with Crippen molar-refractivity contribution in [2.45, 2.75) is 20.4 Å². The molecule has 1 aromatic carbocycles. The van der Waals surface area contributed by atoms with Crippen LogP contribution < -0.4 is 5.32 Å². The van der Waals surface area contributed by atoms with Gasteiger partial charge in [0.15, 0.2) is 0 Å². The molecule has 0 fully saturated rings. The van der Waals surface area contributed by atoms with E-state index in [2.05, 4.69) is 15.3 Å². The van der Waals surface area contributed by atoms with E-state index in [1.54, 1.807) is 12.4 Å². The van der Waals surface area contributed by atoms with Crippen LogP contribution in [0.4, 0.5) is 0 Å². The maximum absolute atomic E-state index is 12.3. The molecule has 3 aromatic rings. The standard InChI is InChI=1S/C18H17N3O/c1-12-8-13(2)21-17-6-5-15(9-16(12)17)18(22)20-11-14-4-3-7-19-10-14/h3-10H,11H2,1-2H3,(H,20,22). The van der Waals surface area contributed by atoms with E-state index in [1.807, 2.05) is 50.2 Å². The van der Waals surface area contributed by atoms with Gasteiger partial charge in [0, 0.05) is 35.6 Å². The van der Waals surface area contributed by atoms with Crippen LogP contribution in [-0.4, -0.2) is 15.9 Å². The van der Waals surface area contributed by atoms with Crippen molar-refractivity contribution in [1.82, 2.24) is 15.3 Å². The maximum Gasteiger partial charge on any atom is 0.251 e. The number of aryl methyl sites for hydroxylation is 2. The topological polar surface area (TPSA) is 54.9 Å². The molecule has 0 saturated carbocycles. The molecule has 0 bridgehead atoms. The summed E-state index contributed by atoms with van der Waals surface area (Å²) in [4.78, 5) is 20.8. The first kappa shape index (κ1) is 14.2. The van der Waals surface area contributed by atoms with Gasteiger partial charge in [-0.05, 0) is 55.3 Å². The van der Waals surface area contributed by atoms with Crippen LogP contribution in [0.15, 0.2) is 48.8 Å². The van der Waals surface area contributed by atoms with Gasteiger partial charge in [0.05, 0.1) is 5.52 Å². The highest BCUT2D eigenvalue weighted by atomic mass is 16.1. The van der Waals surface area contributed by atoms with Crippen molar-refractivity contribution in [2.24, 2.45) is 0 Å². The zero-order valence-corrected chi connectivity index (χ0v) is 12.6. The minimum absolute atomic E-state index is 0.0919. The number of hydrogen-bond acceptors (Lipinski definition) is 3. The van der Waals surface area contributed by atoms with E-state index in [4.69, 9.17) is 0 Å². The number of aromatic nitrogens is 2. The largest absolute Gasteiger partial charge is 0.348 e. The van der Waals surface area contributed by atoms with Crippen molar-refractivity contribution in [3.8, 4) is 0 Å². The van der Waals surface area contributed by atoms with Crippen molar-refractivity contribution in [2.75, 3.05) is 0 Å². The number of carbonyl (C=O) groups excluding carboxylic acids is 1. The van der Waals surface area contributed by atoms with Crippen LogP contribution in [0.1, 0.15) is 27.2 Å². The molecule has 2 heterocycles. The molecular weight excluding hydrogens is 274 g/mol. The Bertz CT molecular complexity index is 828. The fourth-order valence-electron chi connectivity index (χ4n) is 2.49. The van der Waals surface area contributed by atoms with Gasteiger partial charge in [-0.1, -0.05) is 6.07 Å². The predicted molar refractivity (Wildman–Crippen MR) is 86.6 cm³/mol. The number of hydrogen-bond donors (Lipinski definition) is 1. The molecule has 22 heavy (non-hydrogen) atoms. The van der Waals surface area contributed by atoms with Crippen LogP contribution in [0.2, 0.25) is 0 Å². The summed E-state index contributed by atoms with van der Waals surface area (Å²) in [6.07, 6.45) is 3.46. The van der Waals surface area contributed by atoms with Gasteiger partial charge in [0.2, 0.25) is 0 Å². The molecule has 0 aliphatic rings. The summed E-state index contributed by atoms with van der Waals surface area (Å²) in [6, 6.07) is 11.4. The molecule has 110 valence electrons. The number of benzene rings is 1. The Balaban J connectivity index is 1.82. The third-order valence-corrected chi connectivity index (χ3v) is 3.58. The van der Waals surface area contributed by atoms with E-state index in [0.29, 0.717) is 12.1 Å². The lowest BCUT2D eigenvalue weighted by Gasteiger charge is -2.08. The van der Waals surface area contributed by atoms with Crippen molar-refractivity contribution in [3.05, 3.63) is 71.2 Å². The number of pyridine rings is 2. The second-order valence-corrected chi connectivity index (χ2v) is 5.36. The number of nitrogens with zero attached hydrogens (tertiary/aromatic N) is 2. The van der Waals surface area contributed by atoms with Gasteiger partial charge >= 0.3 is 0 Å². The lowest BCUT2D eigenvalue weighted by Crippen LogP contribution is -2.22. The van der Waals surface area contributed by atoms with Crippen LogP contribution in [0.25, 0.3) is 10.9 Å². The molecule has 1 amide bonds. The van der Waals surface area contributed by atoms with E-state index in [-0.39, 0.29) is 5.91 Å². The number of amides is 1. The molecule has 0 radical (unpaired) electrons. The monoisotopic (exact) mass is 291 g/mol. The molecular formula is C18H17N3O. The Hall–Kier alpha value is -2.75. The molecule has 3 rings (SSSR count). The Morgan fingerprint density at radius 2 is 2.05 bits per heavy atom. The summed E-state index contributed by atoms with van der Waals surface area (Å²) in [5.41, 5.74) is 4.65. The molecule has 0 unspecified atom stereocenters. The average Bonchev–Trinajstić information content (AvgIpc) is 2.53. The molecule has 4 nitrogen and oxygen atoms in total. The fraction of sp³-hybridized carbons (Fsp3) is 0.167. The Morgan fingerprint density at radius 1 is 1.18 bits per heavy atom. The lowest BCUT2D eigenvalue weighted by atomic mass is 10.1. The Morgan fingerprint density at radius 3 is 2.82 bits per heavy atom. The van der Waals surface area contributed by atoms with Gasteiger partial charge in [0.25, 0.3) is 5.91 Å². The summed E-state index contributed by atoms with van der Waals surface area (Å²) >= 11 is 0. The van der Waals surface area contributed by atoms with Crippen LogP contribution in [-0.2, 0) is 6.54 Å². The SMILES string of the molecule is Cc1cc(C)c2cc(C(=O)NCc3cccnc3)ccc2n1. The van der Waals surface area contributed by atoms with Gasteiger partial charge in [-0.25, -0.2) is 0 Å². The predicted octanol–water partition coefficient (Wildman–Crippen LogP) is 3.18. The minimum atomic E-state index is -0.0919. The Kier molecular flexibility index (Phi) is 3.83. The fourth-order valence-corrected chi connectivity index (χ4v) is 2.49. The van der Waals surface area contributed by atoms with Crippen LogP contribution in [0.3, 0.4) is 0 Å². The third-order valence-electron chi connectivity index (χ3n) is 3.58. The first-order valence-corrected chi connectivity index (χ1v) is 7.18. The lowest BCUT2D eigenvalue weighted by molar-refractivity contribution is 0.0951. The van der Waals surface area contributed by atoms with Gasteiger partial charge in [-0.2, -0.15) is 0 Å². The summed E-state index contributed by atoms with van der Waals surface area (Å²) in [5, 5.41) is 3.92. The number of nitrogens with one attached hydrogen (secondary N) is 1. The zero-order chi connectivity index (χ0) is 15.5. The summed E-state index contributed by atoms with van der Waals surface area (Å²) in [7, 11) is 0. The molecule has 0 spiro atoms. The van der Waals surface area contributed by atoms with Crippen molar-refractivity contribution < 1.29 is 4.79 Å². The highest BCUT2D eigenvalue weighted by molar-refractivity contribution is 5.98. The Labute approximate surface area is 129 Å².